The van der Waals surface area contributed by atoms with E-state index in [1.807, 2.05) is 6.92 Å². The molecule has 10 heteroatoms. The number of rotatable bonds is 8. The summed E-state index contributed by atoms with van der Waals surface area (Å²) in [7, 11) is 0. The molecule has 9 nitrogen and oxygen atoms in total. The molecule has 3 aliphatic carbocycles. The van der Waals surface area contributed by atoms with Gasteiger partial charge >= 0.3 is 0 Å². The van der Waals surface area contributed by atoms with Crippen molar-refractivity contribution >= 4 is 39.6 Å². The Morgan fingerprint density at radius 3 is 2.28 bits per heavy atom. The molecule has 1 saturated carbocycles. The van der Waals surface area contributed by atoms with Crippen molar-refractivity contribution in [2.24, 2.45) is 28.8 Å². The van der Waals surface area contributed by atoms with Gasteiger partial charge in [0.25, 0.3) is 17.5 Å². The number of hydrogen-bond acceptors (Lipinski definition) is 7. The fraction of sp³-hybridized carbons (Fsp3) is 0.346. The molecule has 2 aromatic rings. The van der Waals surface area contributed by atoms with Crippen LogP contribution < -0.4 is 9.47 Å². The first-order chi connectivity index (χ1) is 17.4. The van der Waals surface area contributed by atoms with E-state index in [4.69, 9.17) is 9.47 Å². The van der Waals surface area contributed by atoms with Gasteiger partial charge in [-0.05, 0) is 82.9 Å². The number of imide groups is 1. The number of amides is 2. The van der Waals surface area contributed by atoms with Gasteiger partial charge in [-0.1, -0.05) is 12.2 Å². The Bertz CT molecular complexity index is 1240. The number of ether oxygens (including phenoxy) is 2. The number of hydrogen-bond donors (Lipinski definition) is 0. The minimum absolute atomic E-state index is 0.0108. The summed E-state index contributed by atoms with van der Waals surface area (Å²) in [6.07, 6.45) is 7.51. The summed E-state index contributed by atoms with van der Waals surface area (Å²) in [5, 5.41) is 16.2. The number of nitro groups is 1. The van der Waals surface area contributed by atoms with E-state index < -0.39 is 4.92 Å². The molecule has 2 aromatic carbocycles. The lowest BCUT2D eigenvalue weighted by Gasteiger charge is -2.37. The summed E-state index contributed by atoms with van der Waals surface area (Å²) < 4.78 is 12.3. The second-order valence-electron chi connectivity index (χ2n) is 9.05. The van der Waals surface area contributed by atoms with E-state index in [0.717, 1.165) is 23.4 Å². The summed E-state index contributed by atoms with van der Waals surface area (Å²) in [6.45, 7) is 2.42. The van der Waals surface area contributed by atoms with Gasteiger partial charge in [0.1, 0.15) is 6.61 Å². The first-order valence-electron chi connectivity index (χ1n) is 11.8. The van der Waals surface area contributed by atoms with Crippen LogP contribution in [0.25, 0.3) is 0 Å². The van der Waals surface area contributed by atoms with E-state index in [-0.39, 0.29) is 47.8 Å². The maximum Gasteiger partial charge on any atom is 0.269 e. The van der Waals surface area contributed by atoms with Gasteiger partial charge in [-0.3, -0.25) is 19.7 Å². The van der Waals surface area contributed by atoms with Crippen LogP contribution in [0, 0.1) is 33.8 Å². The first-order valence-corrected chi connectivity index (χ1v) is 12.6. The van der Waals surface area contributed by atoms with Gasteiger partial charge in [0.05, 0.1) is 34.1 Å². The molecular formula is C26H24BrN3O6. The van der Waals surface area contributed by atoms with Gasteiger partial charge in [0.15, 0.2) is 11.5 Å². The van der Waals surface area contributed by atoms with Crippen molar-refractivity contribution in [2.45, 2.75) is 26.4 Å². The quantitative estimate of drug-likeness (QED) is 0.151. The largest absolute Gasteiger partial charge is 0.490 e. The number of non-ortho nitro benzene ring substituents is 1. The fourth-order valence-electron chi connectivity index (χ4n) is 5.23. The predicted octanol–water partition coefficient (Wildman–Crippen LogP) is 4.87. The Kier molecular flexibility index (Phi) is 6.61. The summed E-state index contributed by atoms with van der Waals surface area (Å²) in [5.41, 5.74) is 1.40. The zero-order valence-electron chi connectivity index (χ0n) is 19.5. The second kappa shape index (κ2) is 9.85. The molecule has 2 fully saturated rings. The Hall–Kier alpha value is -3.53. The van der Waals surface area contributed by atoms with Crippen molar-refractivity contribution in [3.8, 4) is 11.5 Å². The van der Waals surface area contributed by atoms with Crippen LogP contribution in [0.2, 0.25) is 0 Å². The van der Waals surface area contributed by atoms with Gasteiger partial charge < -0.3 is 9.47 Å². The maximum atomic E-state index is 13.0. The monoisotopic (exact) mass is 553 g/mol. The molecule has 0 unspecified atom stereocenters. The van der Waals surface area contributed by atoms with Crippen LogP contribution in [0.4, 0.5) is 5.69 Å². The molecule has 4 atom stereocenters. The van der Waals surface area contributed by atoms with Crippen molar-refractivity contribution in [3.05, 3.63) is 74.3 Å². The van der Waals surface area contributed by atoms with Crippen molar-refractivity contribution in [1.29, 1.82) is 0 Å². The molecule has 4 aliphatic rings. The Balaban J connectivity index is 1.33. The highest BCUT2D eigenvalue weighted by Gasteiger charge is 2.56. The van der Waals surface area contributed by atoms with Gasteiger partial charge in [0, 0.05) is 12.1 Å². The van der Waals surface area contributed by atoms with Crippen molar-refractivity contribution in [2.75, 3.05) is 6.61 Å². The number of benzene rings is 2. The first kappa shape index (κ1) is 24.2. The third kappa shape index (κ3) is 4.41. The van der Waals surface area contributed by atoms with E-state index >= 15 is 0 Å². The summed E-state index contributed by atoms with van der Waals surface area (Å²) in [5.74, 6) is 0.0863. The third-order valence-electron chi connectivity index (χ3n) is 6.92. The van der Waals surface area contributed by atoms with E-state index in [1.54, 1.807) is 24.3 Å². The van der Waals surface area contributed by atoms with E-state index in [0.29, 0.717) is 28.1 Å². The highest BCUT2D eigenvalue weighted by Crippen LogP contribution is 2.49. The molecular weight excluding hydrogens is 530 g/mol. The standard InChI is InChI=1S/C26H24BrN3O6/c1-2-35-21-12-16(11-20(27)24(21)36-14-15-3-9-19(10-4-15)30(33)34)13-28-29-25(31)22-17-5-6-18(8-7-17)23(22)26(29)32/h3-6,9-13,17-18,22-23H,2,7-8,14H2,1H3/b28-13-/t17-,18-,22-,23-/m0/s1. The van der Waals surface area contributed by atoms with Crippen LogP contribution in [0.15, 0.2) is 58.1 Å². The smallest absolute Gasteiger partial charge is 0.269 e. The summed E-state index contributed by atoms with van der Waals surface area (Å²) in [6, 6.07) is 9.62. The molecule has 0 N–H and O–H groups in total. The van der Waals surface area contributed by atoms with Gasteiger partial charge in [-0.25, -0.2) is 0 Å². The minimum atomic E-state index is -0.451. The van der Waals surface area contributed by atoms with Gasteiger partial charge in [-0.15, -0.1) is 0 Å². The Morgan fingerprint density at radius 1 is 1.08 bits per heavy atom. The minimum Gasteiger partial charge on any atom is -0.490 e. The molecule has 0 aromatic heterocycles. The van der Waals surface area contributed by atoms with Gasteiger partial charge in [0.2, 0.25) is 0 Å². The van der Waals surface area contributed by atoms with E-state index in [2.05, 4.69) is 33.2 Å². The molecule has 1 saturated heterocycles. The predicted molar refractivity (Wildman–Crippen MR) is 135 cm³/mol. The number of carbonyl (C=O) groups is 2. The maximum absolute atomic E-state index is 13.0. The average molecular weight is 554 g/mol. The Morgan fingerprint density at radius 2 is 1.72 bits per heavy atom. The van der Waals surface area contributed by atoms with Gasteiger partial charge in [-0.2, -0.15) is 10.1 Å². The number of nitro benzene ring substituents is 1. The number of hydrazone groups is 1. The Labute approximate surface area is 216 Å². The zero-order chi connectivity index (χ0) is 25.4. The third-order valence-corrected chi connectivity index (χ3v) is 7.51. The molecule has 36 heavy (non-hydrogen) atoms. The SMILES string of the molecule is CCOc1cc(/C=N\N2C(=O)[C@@H]3[C@@H](C2=O)[C@H]2C=C[C@H]3CC2)cc(Br)c1OCc1ccc([N+](=O)[O-])cc1. The molecule has 2 bridgehead atoms. The summed E-state index contributed by atoms with van der Waals surface area (Å²) in [4.78, 5) is 36.4. The molecule has 1 aliphatic heterocycles. The lowest BCUT2D eigenvalue weighted by molar-refractivity contribution is -0.384. The van der Waals surface area contributed by atoms with E-state index in [9.17, 15) is 19.7 Å². The molecule has 2 amide bonds. The van der Waals surface area contributed by atoms with Crippen LogP contribution in [-0.2, 0) is 16.2 Å². The molecule has 1 heterocycles. The van der Waals surface area contributed by atoms with Crippen LogP contribution >= 0.6 is 15.9 Å². The lowest BCUT2D eigenvalue weighted by atomic mass is 9.63. The topological polar surface area (TPSA) is 111 Å². The van der Waals surface area contributed by atoms with Crippen LogP contribution in [0.5, 0.6) is 11.5 Å². The molecule has 0 radical (unpaired) electrons. The number of nitrogens with zero attached hydrogens (tertiary/aromatic N) is 3. The molecule has 0 spiro atoms. The van der Waals surface area contributed by atoms with Crippen molar-refractivity contribution in [3.63, 3.8) is 0 Å². The number of fused-ring (bicyclic) bond motifs is 1. The van der Waals surface area contributed by atoms with Crippen molar-refractivity contribution in [1.82, 2.24) is 5.01 Å². The normalized spacial score (nSPS) is 24.4. The highest BCUT2D eigenvalue weighted by atomic mass is 79.9. The zero-order valence-corrected chi connectivity index (χ0v) is 21.1. The molecule has 186 valence electrons. The van der Waals surface area contributed by atoms with Crippen LogP contribution in [0.1, 0.15) is 30.9 Å². The molecule has 6 rings (SSSR count). The van der Waals surface area contributed by atoms with E-state index in [1.165, 1.54) is 18.3 Å². The average Bonchev–Trinajstić information content (AvgIpc) is 3.15. The van der Waals surface area contributed by atoms with Crippen molar-refractivity contribution < 1.29 is 24.0 Å². The lowest BCUT2D eigenvalue weighted by Crippen LogP contribution is -2.38. The number of allylic oxidation sites excluding steroid dienone is 2. The summed E-state index contributed by atoms with van der Waals surface area (Å²) >= 11 is 3.51. The number of carbonyl (C=O) groups excluding carboxylic acids is 2. The fourth-order valence-corrected chi connectivity index (χ4v) is 5.81. The van der Waals surface area contributed by atoms with Crippen LogP contribution in [-0.4, -0.2) is 34.6 Å². The highest BCUT2D eigenvalue weighted by molar-refractivity contribution is 9.10. The number of halogens is 1. The second-order valence-corrected chi connectivity index (χ2v) is 9.90. The van der Waals surface area contributed by atoms with Crippen LogP contribution in [0.3, 0.4) is 0 Å².